The van der Waals surface area contributed by atoms with Crippen molar-refractivity contribution >= 4 is 17.4 Å². The van der Waals surface area contributed by atoms with Crippen LogP contribution in [0.3, 0.4) is 0 Å². The van der Waals surface area contributed by atoms with Crippen molar-refractivity contribution in [2.24, 2.45) is 5.92 Å². The average Bonchev–Trinajstić information content (AvgIpc) is 3.08. The Balaban J connectivity index is 1.78. The van der Waals surface area contributed by atoms with Gasteiger partial charge in [0.05, 0.1) is 30.5 Å². The van der Waals surface area contributed by atoms with Gasteiger partial charge in [0.25, 0.3) is 11.7 Å². The molecule has 0 radical (unpaired) electrons. The molecule has 1 fully saturated rings. The standard InChI is InChI=1S/C26H25N3O4/c1-17(2)16-33-21-10-5-7-18(13-21)24(30)22-23(19-8-6-11-27-14-19)29(26(32)25(22)31)15-20-9-3-4-12-28-20/h3-14,17,23,30H,15-16H2,1-2H3/b24-22-. The molecule has 0 aliphatic carbocycles. The molecular formula is C26H25N3O4. The second-order valence-corrected chi connectivity index (χ2v) is 8.27. The van der Waals surface area contributed by atoms with Crippen molar-refractivity contribution in [3.8, 4) is 5.75 Å². The van der Waals surface area contributed by atoms with Crippen molar-refractivity contribution in [1.29, 1.82) is 0 Å². The molecule has 0 saturated carbocycles. The van der Waals surface area contributed by atoms with E-state index in [0.717, 1.165) is 0 Å². The molecule has 3 aromatic rings. The highest BCUT2D eigenvalue weighted by Crippen LogP contribution is 2.40. The van der Waals surface area contributed by atoms with Crippen LogP contribution >= 0.6 is 0 Å². The van der Waals surface area contributed by atoms with Crippen molar-refractivity contribution in [3.05, 3.63) is 95.6 Å². The lowest BCUT2D eigenvalue weighted by molar-refractivity contribution is -0.140. The van der Waals surface area contributed by atoms with E-state index in [9.17, 15) is 14.7 Å². The first kappa shape index (κ1) is 22.2. The van der Waals surface area contributed by atoms with Crippen LogP contribution in [0.15, 0.2) is 78.8 Å². The van der Waals surface area contributed by atoms with Crippen LogP contribution in [-0.4, -0.2) is 38.3 Å². The molecule has 7 heteroatoms. The van der Waals surface area contributed by atoms with Gasteiger partial charge in [-0.05, 0) is 41.8 Å². The van der Waals surface area contributed by atoms with Gasteiger partial charge in [-0.3, -0.25) is 19.6 Å². The zero-order chi connectivity index (χ0) is 23.4. The number of hydrogen-bond acceptors (Lipinski definition) is 6. The topological polar surface area (TPSA) is 92.6 Å². The average molecular weight is 444 g/mol. The maximum absolute atomic E-state index is 13.1. The van der Waals surface area contributed by atoms with Gasteiger partial charge in [0.15, 0.2) is 0 Å². The van der Waals surface area contributed by atoms with Crippen molar-refractivity contribution < 1.29 is 19.4 Å². The largest absolute Gasteiger partial charge is 0.507 e. The molecule has 2 aromatic heterocycles. The number of carbonyl (C=O) groups excluding carboxylic acids is 2. The molecule has 1 aliphatic heterocycles. The third-order valence-electron chi connectivity index (χ3n) is 5.29. The normalized spacial score (nSPS) is 17.5. The second-order valence-electron chi connectivity index (χ2n) is 8.27. The first-order valence-electron chi connectivity index (χ1n) is 10.8. The summed E-state index contributed by atoms with van der Waals surface area (Å²) in [7, 11) is 0. The van der Waals surface area contributed by atoms with Crippen molar-refractivity contribution in [2.45, 2.75) is 26.4 Å². The summed E-state index contributed by atoms with van der Waals surface area (Å²) in [5.41, 5.74) is 1.68. The SMILES string of the molecule is CC(C)COc1cccc(/C(O)=C2/C(=O)C(=O)N(Cc3ccccn3)C2c2cccnc2)c1. The van der Waals surface area contributed by atoms with E-state index in [1.54, 1.807) is 67.1 Å². The number of benzene rings is 1. The highest BCUT2D eigenvalue weighted by Gasteiger charge is 2.46. The van der Waals surface area contributed by atoms with Gasteiger partial charge in [-0.25, -0.2) is 0 Å². The minimum atomic E-state index is -0.791. The van der Waals surface area contributed by atoms with Gasteiger partial charge in [0.1, 0.15) is 11.5 Å². The van der Waals surface area contributed by atoms with Gasteiger partial charge < -0.3 is 14.7 Å². The molecule has 0 spiro atoms. The molecule has 1 atom stereocenters. The first-order valence-corrected chi connectivity index (χ1v) is 10.8. The van der Waals surface area contributed by atoms with E-state index in [2.05, 4.69) is 9.97 Å². The van der Waals surface area contributed by atoms with E-state index < -0.39 is 17.7 Å². The van der Waals surface area contributed by atoms with Crippen LogP contribution < -0.4 is 4.74 Å². The molecule has 7 nitrogen and oxygen atoms in total. The Bertz CT molecular complexity index is 1180. The third-order valence-corrected chi connectivity index (χ3v) is 5.29. The minimum Gasteiger partial charge on any atom is -0.507 e. The molecule has 4 rings (SSSR count). The number of hydrogen-bond donors (Lipinski definition) is 1. The summed E-state index contributed by atoms with van der Waals surface area (Å²) in [5, 5.41) is 11.2. The van der Waals surface area contributed by atoms with Gasteiger partial charge in [0.2, 0.25) is 0 Å². The number of aliphatic hydroxyl groups excluding tert-OH is 1. The Morgan fingerprint density at radius 1 is 1.09 bits per heavy atom. The Kier molecular flexibility index (Phi) is 6.49. The number of likely N-dealkylation sites (tertiary alicyclic amines) is 1. The molecule has 3 heterocycles. The number of aliphatic hydroxyl groups is 1. The monoisotopic (exact) mass is 443 g/mol. The Labute approximate surface area is 192 Å². The predicted octanol–water partition coefficient (Wildman–Crippen LogP) is 4.13. The smallest absolute Gasteiger partial charge is 0.296 e. The number of carbonyl (C=O) groups is 2. The molecular weight excluding hydrogens is 418 g/mol. The van der Waals surface area contributed by atoms with Gasteiger partial charge >= 0.3 is 0 Å². The number of pyridine rings is 2. The Hall–Kier alpha value is -4.00. The van der Waals surface area contributed by atoms with Gasteiger partial charge in [-0.15, -0.1) is 0 Å². The van der Waals surface area contributed by atoms with Gasteiger partial charge in [0, 0.05) is 24.2 Å². The zero-order valence-electron chi connectivity index (χ0n) is 18.5. The van der Waals surface area contributed by atoms with E-state index in [1.165, 1.54) is 4.90 Å². The maximum Gasteiger partial charge on any atom is 0.296 e. The minimum absolute atomic E-state index is 0.0185. The van der Waals surface area contributed by atoms with E-state index in [0.29, 0.717) is 35.1 Å². The van der Waals surface area contributed by atoms with Crippen molar-refractivity contribution in [2.75, 3.05) is 6.61 Å². The Morgan fingerprint density at radius 2 is 1.94 bits per heavy atom. The summed E-state index contributed by atoms with van der Waals surface area (Å²) in [6.07, 6.45) is 4.84. The quantitative estimate of drug-likeness (QED) is 0.335. The van der Waals surface area contributed by atoms with Crippen LogP contribution in [0.1, 0.15) is 36.7 Å². The number of nitrogens with zero attached hydrogens (tertiary/aromatic N) is 3. The van der Waals surface area contributed by atoms with Crippen molar-refractivity contribution in [3.63, 3.8) is 0 Å². The third kappa shape index (κ3) is 4.77. The summed E-state index contributed by atoms with van der Waals surface area (Å²) < 4.78 is 5.77. The zero-order valence-corrected chi connectivity index (χ0v) is 18.5. The van der Waals surface area contributed by atoms with Crippen molar-refractivity contribution in [1.82, 2.24) is 14.9 Å². The predicted molar refractivity (Wildman–Crippen MR) is 123 cm³/mol. The fourth-order valence-corrected chi connectivity index (χ4v) is 3.75. The van der Waals surface area contributed by atoms with Gasteiger partial charge in [-0.1, -0.05) is 38.1 Å². The maximum atomic E-state index is 13.1. The molecule has 1 N–H and O–H groups in total. The second kappa shape index (κ2) is 9.65. The number of ether oxygens (including phenoxy) is 1. The van der Waals surface area contributed by atoms with E-state index in [1.807, 2.05) is 19.9 Å². The fourth-order valence-electron chi connectivity index (χ4n) is 3.75. The summed E-state index contributed by atoms with van der Waals surface area (Å²) in [6.45, 7) is 4.73. The molecule has 1 amide bonds. The molecule has 168 valence electrons. The molecule has 1 saturated heterocycles. The highest BCUT2D eigenvalue weighted by molar-refractivity contribution is 6.46. The molecule has 1 aliphatic rings. The van der Waals surface area contributed by atoms with Crippen LogP contribution in [0.4, 0.5) is 0 Å². The number of Topliss-reactive ketones (excluding diaryl/α,β-unsaturated/α-hetero) is 1. The van der Waals surface area contributed by atoms with Gasteiger partial charge in [-0.2, -0.15) is 0 Å². The van der Waals surface area contributed by atoms with Crippen LogP contribution in [0.25, 0.3) is 5.76 Å². The lowest BCUT2D eigenvalue weighted by atomic mass is 9.96. The number of amides is 1. The summed E-state index contributed by atoms with van der Waals surface area (Å²) >= 11 is 0. The molecule has 1 unspecified atom stereocenters. The highest BCUT2D eigenvalue weighted by atomic mass is 16.5. The molecule has 0 bridgehead atoms. The number of ketones is 1. The summed E-state index contributed by atoms with van der Waals surface area (Å²) in [4.78, 5) is 36.0. The van der Waals surface area contributed by atoms with Crippen LogP contribution in [0.5, 0.6) is 5.75 Å². The summed E-state index contributed by atoms with van der Waals surface area (Å²) in [6, 6.07) is 15.0. The summed E-state index contributed by atoms with van der Waals surface area (Å²) in [5.74, 6) is -0.770. The first-order chi connectivity index (χ1) is 16.0. The van der Waals surface area contributed by atoms with Crippen LogP contribution in [0, 0.1) is 5.92 Å². The molecule has 1 aromatic carbocycles. The number of rotatable bonds is 7. The van der Waals surface area contributed by atoms with E-state index in [-0.39, 0.29) is 17.9 Å². The van der Waals surface area contributed by atoms with Crippen LogP contribution in [-0.2, 0) is 16.1 Å². The van der Waals surface area contributed by atoms with Crippen LogP contribution in [0.2, 0.25) is 0 Å². The fraction of sp³-hybridized carbons (Fsp3) is 0.231. The number of aromatic nitrogens is 2. The van der Waals surface area contributed by atoms with E-state index >= 15 is 0 Å². The Morgan fingerprint density at radius 3 is 2.64 bits per heavy atom. The molecule has 33 heavy (non-hydrogen) atoms. The lowest BCUT2D eigenvalue weighted by Gasteiger charge is -2.24. The van der Waals surface area contributed by atoms with E-state index in [4.69, 9.17) is 4.74 Å². The lowest BCUT2D eigenvalue weighted by Crippen LogP contribution is -2.29.